The lowest BCUT2D eigenvalue weighted by Crippen LogP contribution is -2.54. The molecule has 46 heteroatoms. The maximum absolute atomic E-state index is 14.5. The number of hydrogen-bond acceptors (Lipinski definition) is 8. The first kappa shape index (κ1) is 66.9. The van der Waals surface area contributed by atoms with Crippen LogP contribution in [0.3, 0.4) is 0 Å². The lowest BCUT2D eigenvalue weighted by atomic mass is 10.0. The van der Waals surface area contributed by atoms with Gasteiger partial charge in [0.15, 0.2) is 0 Å². The van der Waals surface area contributed by atoms with Gasteiger partial charge in [-0.25, -0.2) is 22.0 Å². The van der Waals surface area contributed by atoms with Gasteiger partial charge < -0.3 is 18.1 Å². The van der Waals surface area contributed by atoms with Crippen LogP contribution in [0.25, 0.3) is 0 Å². The molecule has 0 spiro atoms. The molecule has 8 nitrogen and oxygen atoms in total. The summed E-state index contributed by atoms with van der Waals surface area (Å²) in [4.78, 5) is 0. The normalized spacial score (nSPS) is 18.5. The highest BCUT2D eigenvalue weighted by Gasteiger charge is 2.76. The van der Waals surface area contributed by atoms with Gasteiger partial charge in [0.05, 0.1) is 26.4 Å². The number of rotatable bonds is 20. The van der Waals surface area contributed by atoms with Crippen LogP contribution in [0.1, 0.15) is 32.1 Å². The second-order valence-electron chi connectivity index (χ2n) is 13.4. The Morgan fingerprint density at radius 2 is 0.451 bits per heavy atom. The Morgan fingerprint density at radius 1 is 0.268 bits per heavy atom. The van der Waals surface area contributed by atoms with Crippen LogP contribution in [0.5, 0.6) is 0 Å². The minimum atomic E-state index is -7.26. The van der Waals surface area contributed by atoms with E-state index in [4.69, 9.17) is 0 Å². The zero-order valence-corrected chi connectivity index (χ0v) is 35.2. The van der Waals surface area contributed by atoms with Crippen molar-refractivity contribution in [3.63, 3.8) is 0 Å². The summed E-state index contributed by atoms with van der Waals surface area (Å²) in [6.45, 7) is -14.8. The molecule has 0 amide bonds. The fraction of sp³-hybridized carbons (Fsp3) is 1.00. The zero-order valence-electron chi connectivity index (χ0n) is 32.5. The highest BCUT2D eigenvalue weighted by atomic mass is 31.3. The summed E-state index contributed by atoms with van der Waals surface area (Å²) >= 11 is 0. The van der Waals surface area contributed by atoms with Gasteiger partial charge in [0.2, 0.25) is 0 Å². The number of nitrogens with zero attached hydrogens (tertiary/aromatic N) is 3. The van der Waals surface area contributed by atoms with E-state index >= 15 is 0 Å². The van der Waals surface area contributed by atoms with E-state index in [2.05, 4.69) is 36.2 Å². The van der Waals surface area contributed by atoms with Crippen molar-refractivity contribution in [3.8, 4) is 0 Å². The summed E-state index contributed by atoms with van der Waals surface area (Å²) in [5.74, 6) is 0. The summed E-state index contributed by atoms with van der Waals surface area (Å²) in [6, 6.07) is 0. The van der Waals surface area contributed by atoms with Gasteiger partial charge in [-0.2, -0.15) is 132 Å². The van der Waals surface area contributed by atoms with E-state index in [-0.39, 0.29) is 0 Å². The van der Waals surface area contributed by atoms with Crippen molar-refractivity contribution >= 4 is 23.4 Å². The lowest BCUT2D eigenvalue weighted by Gasteiger charge is -2.32. The molecule has 0 aromatic carbocycles. The predicted molar refractivity (Wildman–Crippen MR) is 161 cm³/mol. The van der Waals surface area contributed by atoms with E-state index in [1.54, 1.807) is 0 Å². The SMILES string of the molecule is FC(F)(F)C(F)(CCO[P+]1=NP(OCCC(F)(C(F)(F)F)C(F)(F)F)(OCCC(F)(C(F)(F)F)C(F)(F)F)=NP(OCCC(F)(C(F)(F)F)C(F)(F)F)(OCCC(F)(C(F)(F)F)C(F)(F)F)=N1)C(F)(F)F. The Bertz CT molecular complexity index is 1680. The maximum atomic E-state index is 14.5. The third-order valence-corrected chi connectivity index (χ3v) is 15.9. The van der Waals surface area contributed by atoms with Crippen LogP contribution in [0.4, 0.5) is 154 Å². The first-order valence-electron chi connectivity index (χ1n) is 16.9. The van der Waals surface area contributed by atoms with Crippen molar-refractivity contribution in [3.05, 3.63) is 0 Å². The molecule has 424 valence electrons. The van der Waals surface area contributed by atoms with Gasteiger partial charge in [-0.15, -0.1) is 9.04 Å². The third kappa shape index (κ3) is 14.4. The Labute approximate surface area is 369 Å². The van der Waals surface area contributed by atoms with Crippen molar-refractivity contribution in [2.24, 2.45) is 13.5 Å². The fourth-order valence-electron chi connectivity index (χ4n) is 4.43. The molecular formula is C25H20F35N3O5P3+. The Balaban J connectivity index is 4.60. The molecule has 1 aliphatic rings. The van der Waals surface area contributed by atoms with Gasteiger partial charge in [0.1, 0.15) is 6.61 Å². The molecule has 71 heavy (non-hydrogen) atoms. The van der Waals surface area contributed by atoms with Gasteiger partial charge >= 0.3 is 114 Å². The standard InChI is InChI=1S/C25H20F35N3O5P3/c26-11(16(31,32)33,17(34,35)36)1-6-64-69-61-70(65-7-2-12(27,18(37,38)39)19(40,41)42,66-8-3-13(28,20(43,44)45)21(46,47)48)63-71(62-69,67-9-4-14(29,22(49,50)51)23(52,53)54)68-10-5-15(30,24(55,56)57)25(58,59)60/h1-10H2/q+1. The van der Waals surface area contributed by atoms with Crippen LogP contribution in [0, 0.1) is 0 Å². The molecule has 0 aromatic rings. The number of halogens is 35. The maximum Gasteiger partial charge on any atom is 0.547 e. The first-order chi connectivity index (χ1) is 30.8. The minimum Gasteiger partial charge on any atom is -0.304 e. The smallest absolute Gasteiger partial charge is 0.304 e. The van der Waals surface area contributed by atoms with Crippen LogP contribution >= 0.6 is 23.4 Å². The van der Waals surface area contributed by atoms with Gasteiger partial charge in [0, 0.05) is 41.1 Å². The lowest BCUT2D eigenvalue weighted by molar-refractivity contribution is -0.345. The Hall–Kier alpha value is -2.09. The summed E-state index contributed by atoms with van der Waals surface area (Å²) in [5.41, 5.74) is -33.4. The highest BCUT2D eigenvalue weighted by Crippen LogP contribution is 2.76. The molecule has 0 saturated carbocycles. The fourth-order valence-corrected chi connectivity index (χ4v) is 12.3. The molecule has 1 rings (SSSR count). The summed E-state index contributed by atoms with van der Waals surface area (Å²) < 4.78 is 500. The monoisotopic (exact) mass is 1200 g/mol. The van der Waals surface area contributed by atoms with Gasteiger partial charge in [0.25, 0.3) is 0 Å². The van der Waals surface area contributed by atoms with Crippen molar-refractivity contribution in [1.29, 1.82) is 0 Å². The molecule has 1 atom stereocenters. The molecule has 0 radical (unpaired) electrons. The molecule has 0 aliphatic carbocycles. The van der Waals surface area contributed by atoms with Crippen molar-refractivity contribution < 1.29 is 176 Å². The Kier molecular flexibility index (Phi) is 19.6. The number of alkyl halides is 35. The summed E-state index contributed by atoms with van der Waals surface area (Å²) in [6.07, 6.45) is -89.5. The molecule has 0 N–H and O–H groups in total. The predicted octanol–water partition coefficient (Wildman–Crippen LogP) is 16.6. The van der Waals surface area contributed by atoms with Crippen molar-refractivity contribution in [2.45, 2.75) is 122 Å². The van der Waals surface area contributed by atoms with E-state index < -0.39 is 179 Å². The average molecular weight is 1200 g/mol. The molecule has 0 saturated heterocycles. The van der Waals surface area contributed by atoms with E-state index in [9.17, 15) is 154 Å². The molecule has 0 aromatic heterocycles. The molecule has 1 unspecified atom stereocenters. The molecule has 1 aliphatic heterocycles. The van der Waals surface area contributed by atoms with Crippen LogP contribution < -0.4 is 0 Å². The average Bonchev–Trinajstić information content (AvgIpc) is 3.09. The van der Waals surface area contributed by atoms with Crippen LogP contribution in [-0.4, -0.2) is 123 Å². The van der Waals surface area contributed by atoms with E-state index in [0.717, 1.165) is 0 Å². The largest absolute Gasteiger partial charge is 0.547 e. The van der Waals surface area contributed by atoms with Gasteiger partial charge in [-0.3, -0.25) is 0 Å². The van der Waals surface area contributed by atoms with Crippen molar-refractivity contribution in [2.75, 3.05) is 33.0 Å². The highest BCUT2D eigenvalue weighted by molar-refractivity contribution is 7.74. The quantitative estimate of drug-likeness (QED) is 0.0896. The first-order valence-corrected chi connectivity index (χ1v) is 21.2. The van der Waals surface area contributed by atoms with Crippen LogP contribution in [0.2, 0.25) is 0 Å². The van der Waals surface area contributed by atoms with Crippen molar-refractivity contribution in [1.82, 2.24) is 0 Å². The zero-order chi connectivity index (χ0) is 56.8. The molecular weight excluding hydrogens is 1180 g/mol. The summed E-state index contributed by atoms with van der Waals surface area (Å²) in [5, 5.41) is 0. The molecule has 1 heterocycles. The van der Waals surface area contributed by atoms with Crippen LogP contribution in [-0.2, 0) is 22.6 Å². The van der Waals surface area contributed by atoms with Crippen LogP contribution in [0.15, 0.2) is 13.5 Å². The minimum absolute atomic E-state index is 2.57. The van der Waals surface area contributed by atoms with Gasteiger partial charge in [-0.1, -0.05) is 0 Å². The molecule has 0 bridgehead atoms. The Morgan fingerprint density at radius 3 is 0.648 bits per heavy atom. The van der Waals surface area contributed by atoms with E-state index in [0.29, 0.717) is 0 Å². The third-order valence-electron chi connectivity index (χ3n) is 8.58. The van der Waals surface area contributed by atoms with E-state index in [1.807, 2.05) is 0 Å². The second-order valence-corrected chi connectivity index (χ2v) is 19.3. The molecule has 0 fully saturated rings. The van der Waals surface area contributed by atoms with Gasteiger partial charge in [-0.05, 0) is 0 Å². The van der Waals surface area contributed by atoms with E-state index in [1.165, 1.54) is 0 Å². The topological polar surface area (TPSA) is 83.2 Å². The summed E-state index contributed by atoms with van der Waals surface area (Å²) in [7, 11) is -18.8. The second kappa shape index (κ2) is 20.8. The number of hydrogen-bond donors (Lipinski definition) is 0.